The van der Waals surface area contributed by atoms with Gasteiger partial charge in [0.15, 0.2) is 0 Å². The van der Waals surface area contributed by atoms with E-state index >= 15 is 0 Å². The highest BCUT2D eigenvalue weighted by molar-refractivity contribution is 6.32. The molecule has 150 valence electrons. The van der Waals surface area contributed by atoms with Crippen molar-refractivity contribution in [2.24, 2.45) is 0 Å². The number of ether oxygens (including phenoxy) is 2. The van der Waals surface area contributed by atoms with Crippen molar-refractivity contribution in [1.29, 1.82) is 0 Å². The zero-order chi connectivity index (χ0) is 21.0. The molecule has 0 aliphatic carbocycles. The zero-order valence-electron chi connectivity index (χ0n) is 16.0. The van der Waals surface area contributed by atoms with E-state index in [-0.39, 0.29) is 0 Å². The van der Waals surface area contributed by atoms with Crippen LogP contribution in [0.3, 0.4) is 0 Å². The van der Waals surface area contributed by atoms with E-state index in [4.69, 9.17) is 21.1 Å². The number of methoxy groups -OCH3 is 2. The molecule has 9 heteroatoms. The van der Waals surface area contributed by atoms with E-state index in [1.807, 2.05) is 0 Å². The third-order valence-corrected chi connectivity index (χ3v) is 4.56. The first-order valence-corrected chi connectivity index (χ1v) is 9.05. The van der Waals surface area contributed by atoms with Crippen molar-refractivity contribution in [3.8, 4) is 22.8 Å². The number of aromatic nitrogens is 3. The average molecular weight is 415 g/mol. The lowest BCUT2D eigenvalue weighted by Gasteiger charge is -2.14. The molecule has 0 radical (unpaired) electrons. The first-order chi connectivity index (χ1) is 13.9. The minimum Gasteiger partial charge on any atom is -0.497 e. The Labute approximate surface area is 172 Å². The molecule has 0 aliphatic heterocycles. The summed E-state index contributed by atoms with van der Waals surface area (Å²) in [5, 5.41) is 7.17. The predicted octanol–water partition coefficient (Wildman–Crippen LogP) is 3.18. The van der Waals surface area contributed by atoms with Gasteiger partial charge in [0.05, 0.1) is 31.1 Å². The summed E-state index contributed by atoms with van der Waals surface area (Å²) in [6, 6.07) is 11.0. The van der Waals surface area contributed by atoms with Crippen LogP contribution >= 0.6 is 11.6 Å². The second-order valence-electron chi connectivity index (χ2n) is 6.11. The van der Waals surface area contributed by atoms with Crippen LogP contribution in [-0.2, 0) is 4.79 Å². The Morgan fingerprint density at radius 1 is 1.14 bits per heavy atom. The van der Waals surface area contributed by atoms with Crippen molar-refractivity contribution < 1.29 is 14.3 Å². The minimum absolute atomic E-state index is 0.360. The summed E-state index contributed by atoms with van der Waals surface area (Å²) < 4.78 is 11.2. The van der Waals surface area contributed by atoms with E-state index in [0.29, 0.717) is 33.5 Å². The number of benzene rings is 2. The fourth-order valence-electron chi connectivity index (χ4n) is 2.62. The molecule has 1 N–H and O–H groups in total. The maximum atomic E-state index is 12.5. The van der Waals surface area contributed by atoms with Crippen molar-refractivity contribution in [3.05, 3.63) is 64.2 Å². The number of rotatable bonds is 6. The number of nitrogens with zero attached hydrogens (tertiary/aromatic N) is 3. The van der Waals surface area contributed by atoms with Gasteiger partial charge in [-0.25, -0.2) is 9.48 Å². The zero-order valence-corrected chi connectivity index (χ0v) is 16.8. The van der Waals surface area contributed by atoms with Gasteiger partial charge >= 0.3 is 5.69 Å². The molecule has 0 aliphatic rings. The lowest BCUT2D eigenvalue weighted by molar-refractivity contribution is -0.119. The van der Waals surface area contributed by atoms with E-state index in [1.165, 1.54) is 13.3 Å². The highest BCUT2D eigenvalue weighted by atomic mass is 35.5. The maximum Gasteiger partial charge on any atom is 0.365 e. The molecule has 2 aromatic carbocycles. The number of halogens is 1. The standard InChI is InChI=1S/C20H19ClN4O4/c1-12(19(26)23-14-6-9-18(29-3)16(21)10-14)25-20(27)24-17(11-22-25)13-4-7-15(28-2)8-5-13/h4-12H,1-3H3,(H,23,26). The van der Waals surface area contributed by atoms with Gasteiger partial charge in [-0.1, -0.05) is 11.6 Å². The van der Waals surface area contributed by atoms with Gasteiger partial charge in [0, 0.05) is 11.3 Å². The Hall–Kier alpha value is -3.39. The molecule has 3 rings (SSSR count). The fraction of sp³-hybridized carbons (Fsp3) is 0.200. The largest absolute Gasteiger partial charge is 0.497 e. The summed E-state index contributed by atoms with van der Waals surface area (Å²) >= 11 is 6.07. The van der Waals surface area contributed by atoms with Gasteiger partial charge in [-0.3, -0.25) is 4.79 Å². The van der Waals surface area contributed by atoms with Gasteiger partial charge in [0.25, 0.3) is 0 Å². The monoisotopic (exact) mass is 414 g/mol. The number of anilines is 1. The number of hydrogen-bond donors (Lipinski definition) is 1. The number of nitrogens with one attached hydrogen (secondary N) is 1. The quantitative estimate of drug-likeness (QED) is 0.665. The van der Waals surface area contributed by atoms with Crippen LogP contribution in [0.1, 0.15) is 13.0 Å². The van der Waals surface area contributed by atoms with Crippen LogP contribution in [-0.4, -0.2) is 34.9 Å². The van der Waals surface area contributed by atoms with Gasteiger partial charge in [0.2, 0.25) is 5.91 Å². The topological polar surface area (TPSA) is 95.3 Å². The lowest BCUT2D eigenvalue weighted by Crippen LogP contribution is -2.34. The summed E-state index contributed by atoms with van der Waals surface area (Å²) in [6.45, 7) is 1.56. The van der Waals surface area contributed by atoms with E-state index < -0.39 is 17.6 Å². The first-order valence-electron chi connectivity index (χ1n) is 8.67. The van der Waals surface area contributed by atoms with E-state index in [0.717, 1.165) is 4.68 Å². The second-order valence-corrected chi connectivity index (χ2v) is 6.52. The predicted molar refractivity (Wildman–Crippen MR) is 110 cm³/mol. The van der Waals surface area contributed by atoms with Gasteiger partial charge in [-0.2, -0.15) is 10.1 Å². The molecule has 0 fully saturated rings. The highest BCUT2D eigenvalue weighted by Gasteiger charge is 2.19. The van der Waals surface area contributed by atoms with Crippen LogP contribution in [0.4, 0.5) is 5.69 Å². The third-order valence-electron chi connectivity index (χ3n) is 4.27. The Kier molecular flexibility index (Phi) is 6.13. The molecule has 0 spiro atoms. The van der Waals surface area contributed by atoms with Crippen molar-refractivity contribution in [2.45, 2.75) is 13.0 Å². The molecule has 1 aromatic heterocycles. The molecule has 0 bridgehead atoms. The summed E-state index contributed by atoms with van der Waals surface area (Å²) in [4.78, 5) is 29.0. The van der Waals surface area contributed by atoms with Gasteiger partial charge in [-0.05, 0) is 49.4 Å². The van der Waals surface area contributed by atoms with E-state index in [1.54, 1.807) is 56.5 Å². The number of amides is 1. The summed E-state index contributed by atoms with van der Waals surface area (Å²) in [6.07, 6.45) is 1.44. The smallest absolute Gasteiger partial charge is 0.365 e. The Balaban J connectivity index is 1.77. The fourth-order valence-corrected chi connectivity index (χ4v) is 2.88. The molecule has 8 nitrogen and oxygen atoms in total. The van der Waals surface area contributed by atoms with E-state index in [2.05, 4.69) is 15.4 Å². The van der Waals surface area contributed by atoms with Gasteiger partial charge in [0.1, 0.15) is 17.5 Å². The lowest BCUT2D eigenvalue weighted by atomic mass is 10.1. The molecular weight excluding hydrogens is 396 g/mol. The SMILES string of the molecule is COc1ccc(-c2cnn(C(C)C(=O)Nc3ccc(OC)c(Cl)c3)c(=O)n2)cc1. The third kappa shape index (κ3) is 4.55. The van der Waals surface area contributed by atoms with E-state index in [9.17, 15) is 9.59 Å². The summed E-state index contributed by atoms with van der Waals surface area (Å²) in [5.74, 6) is 0.757. The van der Waals surface area contributed by atoms with Gasteiger partial charge in [-0.15, -0.1) is 0 Å². The Bertz CT molecular complexity index is 1080. The van der Waals surface area contributed by atoms with Crippen LogP contribution in [0.25, 0.3) is 11.3 Å². The molecule has 29 heavy (non-hydrogen) atoms. The summed E-state index contributed by atoms with van der Waals surface area (Å²) in [7, 11) is 3.07. The molecule has 1 unspecified atom stereocenters. The maximum absolute atomic E-state index is 12.5. The first kappa shape index (κ1) is 20.3. The average Bonchev–Trinajstić information content (AvgIpc) is 2.73. The second kappa shape index (κ2) is 8.74. The van der Waals surface area contributed by atoms with Crippen LogP contribution in [0.5, 0.6) is 11.5 Å². The minimum atomic E-state index is -0.874. The number of hydrogen-bond acceptors (Lipinski definition) is 6. The van der Waals surface area contributed by atoms with Crippen LogP contribution in [0, 0.1) is 0 Å². The van der Waals surface area contributed by atoms with Crippen molar-refractivity contribution in [3.63, 3.8) is 0 Å². The Morgan fingerprint density at radius 3 is 2.45 bits per heavy atom. The van der Waals surface area contributed by atoms with Crippen LogP contribution < -0.4 is 20.5 Å². The van der Waals surface area contributed by atoms with Crippen molar-refractivity contribution in [2.75, 3.05) is 19.5 Å². The highest BCUT2D eigenvalue weighted by Crippen LogP contribution is 2.27. The van der Waals surface area contributed by atoms with Crippen LogP contribution in [0.2, 0.25) is 5.02 Å². The van der Waals surface area contributed by atoms with Crippen LogP contribution in [0.15, 0.2) is 53.5 Å². The normalized spacial score (nSPS) is 11.6. The summed E-state index contributed by atoms with van der Waals surface area (Å²) in [5.41, 5.74) is 0.966. The molecule has 0 saturated carbocycles. The van der Waals surface area contributed by atoms with Crippen molar-refractivity contribution >= 4 is 23.2 Å². The molecule has 0 saturated heterocycles. The Morgan fingerprint density at radius 2 is 1.86 bits per heavy atom. The molecular formula is C20H19ClN4O4. The molecule has 3 aromatic rings. The molecule has 1 amide bonds. The number of carbonyl (C=O) groups excluding carboxylic acids is 1. The van der Waals surface area contributed by atoms with Gasteiger partial charge < -0.3 is 14.8 Å². The molecule has 1 atom stereocenters. The molecule has 1 heterocycles. The number of carbonyl (C=O) groups is 1. The van der Waals surface area contributed by atoms with Crippen molar-refractivity contribution in [1.82, 2.24) is 14.8 Å².